The molecule has 0 aromatic carbocycles. The van der Waals surface area contributed by atoms with Gasteiger partial charge >= 0.3 is 0 Å². The van der Waals surface area contributed by atoms with E-state index in [1.165, 1.54) is 7.11 Å². The van der Waals surface area contributed by atoms with Gasteiger partial charge in [-0.25, -0.2) is 0 Å². The van der Waals surface area contributed by atoms with E-state index in [1.54, 1.807) is 0 Å². The number of methoxy groups -OCH3 is 1. The summed E-state index contributed by atoms with van der Waals surface area (Å²) in [5, 5.41) is 30.1. The Hall–Kier alpha value is -0.240. The number of aliphatic hydroxyl groups is 3. The largest absolute Gasteiger partial charge is 0.390 e. The van der Waals surface area contributed by atoms with Crippen LogP contribution >= 0.6 is 0 Å². The van der Waals surface area contributed by atoms with Crippen molar-refractivity contribution in [2.75, 3.05) is 13.7 Å². The molecule has 0 amide bonds. The van der Waals surface area contributed by atoms with Gasteiger partial charge in [0, 0.05) is 25.4 Å². The first kappa shape index (κ1) is 10.9. The van der Waals surface area contributed by atoms with Crippen LogP contribution in [0.3, 0.4) is 0 Å². The van der Waals surface area contributed by atoms with Crippen LogP contribution in [0.15, 0.2) is 0 Å². The zero-order chi connectivity index (χ0) is 11.5. The van der Waals surface area contributed by atoms with Gasteiger partial charge in [0.1, 0.15) is 11.7 Å². The molecular weight excluding hydrogens is 216 g/mol. The first-order chi connectivity index (χ1) is 7.58. The third-order valence-corrected chi connectivity index (χ3v) is 4.10. The lowest BCUT2D eigenvalue weighted by atomic mass is 9.83. The highest BCUT2D eigenvalue weighted by Crippen LogP contribution is 2.52. The minimum Gasteiger partial charge on any atom is -0.390 e. The van der Waals surface area contributed by atoms with Gasteiger partial charge in [0.15, 0.2) is 12.6 Å². The number of hydrogen-bond donors (Lipinski definition) is 3. The summed E-state index contributed by atoms with van der Waals surface area (Å²) in [5.41, 5.74) is -1.38. The predicted octanol–water partition coefficient (Wildman–Crippen LogP) is -1.57. The molecule has 0 aromatic heterocycles. The number of ether oxygens (including phenoxy) is 3. The van der Waals surface area contributed by atoms with E-state index in [9.17, 15) is 15.3 Å². The topological polar surface area (TPSA) is 88.4 Å². The average molecular weight is 232 g/mol. The lowest BCUT2D eigenvalue weighted by Crippen LogP contribution is -2.47. The van der Waals surface area contributed by atoms with Crippen LogP contribution in [-0.2, 0) is 14.2 Å². The van der Waals surface area contributed by atoms with Crippen LogP contribution in [0.2, 0.25) is 0 Å². The van der Waals surface area contributed by atoms with E-state index in [2.05, 4.69) is 0 Å². The van der Waals surface area contributed by atoms with E-state index in [0.29, 0.717) is 6.42 Å². The van der Waals surface area contributed by atoms with Crippen molar-refractivity contribution in [3.63, 3.8) is 0 Å². The maximum Gasteiger partial charge on any atom is 0.166 e. The molecule has 2 aliphatic heterocycles. The summed E-state index contributed by atoms with van der Waals surface area (Å²) >= 11 is 0. The van der Waals surface area contributed by atoms with Crippen LogP contribution < -0.4 is 0 Å². The second-order valence-electron chi connectivity index (χ2n) is 4.83. The van der Waals surface area contributed by atoms with Crippen LogP contribution in [0.25, 0.3) is 0 Å². The third kappa shape index (κ3) is 1.17. The molecule has 7 unspecified atom stereocenters. The van der Waals surface area contributed by atoms with Crippen molar-refractivity contribution in [3.8, 4) is 0 Å². The molecule has 1 aliphatic carbocycles. The quantitative estimate of drug-likeness (QED) is 0.506. The fourth-order valence-corrected chi connectivity index (χ4v) is 3.24. The zero-order valence-corrected chi connectivity index (χ0v) is 8.94. The molecule has 6 heteroatoms. The van der Waals surface area contributed by atoms with Crippen molar-refractivity contribution < 1.29 is 29.5 Å². The van der Waals surface area contributed by atoms with Gasteiger partial charge in [-0.05, 0) is 0 Å². The molecule has 0 radical (unpaired) electrons. The van der Waals surface area contributed by atoms with E-state index < -0.39 is 30.4 Å². The van der Waals surface area contributed by atoms with Crippen LogP contribution in [-0.4, -0.2) is 59.4 Å². The summed E-state index contributed by atoms with van der Waals surface area (Å²) in [5.74, 6) is -0.616. The molecule has 16 heavy (non-hydrogen) atoms. The van der Waals surface area contributed by atoms with Crippen molar-refractivity contribution in [2.24, 2.45) is 11.8 Å². The Kier molecular flexibility index (Phi) is 2.30. The summed E-state index contributed by atoms with van der Waals surface area (Å²) in [4.78, 5) is 0. The number of rotatable bonds is 1. The maximum atomic E-state index is 10.3. The van der Waals surface area contributed by atoms with Gasteiger partial charge in [0.25, 0.3) is 0 Å². The van der Waals surface area contributed by atoms with Crippen molar-refractivity contribution in [1.29, 1.82) is 0 Å². The molecule has 3 rings (SSSR count). The Labute approximate surface area is 92.7 Å². The lowest BCUT2D eigenvalue weighted by molar-refractivity contribution is -0.274. The van der Waals surface area contributed by atoms with E-state index in [1.807, 2.05) is 0 Å². The SMILES string of the molecule is COC1CC2C(O)C(O)C3(O)COC(O1)C23. The molecule has 0 aromatic rings. The highest BCUT2D eigenvalue weighted by Gasteiger charge is 2.68. The van der Waals surface area contributed by atoms with Gasteiger partial charge in [-0.2, -0.15) is 0 Å². The van der Waals surface area contributed by atoms with Gasteiger partial charge in [0.2, 0.25) is 0 Å². The second-order valence-corrected chi connectivity index (χ2v) is 4.83. The Balaban J connectivity index is 1.93. The highest BCUT2D eigenvalue weighted by atomic mass is 16.8. The number of hydrogen-bond acceptors (Lipinski definition) is 6. The molecule has 2 heterocycles. The fourth-order valence-electron chi connectivity index (χ4n) is 3.24. The zero-order valence-electron chi connectivity index (χ0n) is 8.94. The van der Waals surface area contributed by atoms with Crippen LogP contribution in [0.1, 0.15) is 6.42 Å². The summed E-state index contributed by atoms with van der Waals surface area (Å²) in [6, 6.07) is 0. The minimum absolute atomic E-state index is 0.00645. The van der Waals surface area contributed by atoms with Gasteiger partial charge < -0.3 is 29.5 Å². The molecular formula is C10H16O6. The first-order valence-corrected chi connectivity index (χ1v) is 5.46. The van der Waals surface area contributed by atoms with E-state index in [-0.39, 0.29) is 18.4 Å². The van der Waals surface area contributed by atoms with Crippen molar-refractivity contribution in [2.45, 2.75) is 36.8 Å². The molecule has 6 nitrogen and oxygen atoms in total. The molecule has 0 spiro atoms. The molecule has 0 bridgehead atoms. The molecule has 2 saturated heterocycles. The smallest absolute Gasteiger partial charge is 0.166 e. The minimum atomic E-state index is -1.38. The Morgan fingerprint density at radius 2 is 2.12 bits per heavy atom. The van der Waals surface area contributed by atoms with Crippen LogP contribution in [0, 0.1) is 11.8 Å². The van der Waals surface area contributed by atoms with Crippen molar-refractivity contribution in [1.82, 2.24) is 0 Å². The van der Waals surface area contributed by atoms with E-state index in [4.69, 9.17) is 14.2 Å². The Bertz CT molecular complexity index is 297. The highest BCUT2D eigenvalue weighted by molar-refractivity contribution is 5.13. The summed E-state index contributed by atoms with van der Waals surface area (Å²) < 4.78 is 15.9. The van der Waals surface area contributed by atoms with Gasteiger partial charge in [-0.15, -0.1) is 0 Å². The third-order valence-electron chi connectivity index (χ3n) is 4.10. The summed E-state index contributed by atoms with van der Waals surface area (Å²) in [6.07, 6.45) is -2.70. The lowest BCUT2D eigenvalue weighted by Gasteiger charge is -2.36. The van der Waals surface area contributed by atoms with Crippen LogP contribution in [0.5, 0.6) is 0 Å². The molecule has 92 valence electrons. The first-order valence-electron chi connectivity index (χ1n) is 5.46. The fraction of sp³-hybridized carbons (Fsp3) is 1.00. The normalized spacial score (nSPS) is 60.0. The molecule has 1 saturated carbocycles. The monoisotopic (exact) mass is 232 g/mol. The maximum absolute atomic E-state index is 10.3. The number of aliphatic hydroxyl groups excluding tert-OH is 2. The van der Waals surface area contributed by atoms with Crippen molar-refractivity contribution >= 4 is 0 Å². The predicted molar refractivity (Wildman–Crippen MR) is 50.2 cm³/mol. The van der Waals surface area contributed by atoms with Crippen LogP contribution in [0.4, 0.5) is 0 Å². The van der Waals surface area contributed by atoms with Gasteiger partial charge in [0.05, 0.1) is 12.7 Å². The molecule has 3 N–H and O–H groups in total. The molecule has 3 fully saturated rings. The Morgan fingerprint density at radius 3 is 2.81 bits per heavy atom. The van der Waals surface area contributed by atoms with E-state index >= 15 is 0 Å². The average Bonchev–Trinajstić information content (AvgIpc) is 2.73. The van der Waals surface area contributed by atoms with Gasteiger partial charge in [-0.1, -0.05) is 0 Å². The second kappa shape index (κ2) is 3.38. The Morgan fingerprint density at radius 1 is 1.38 bits per heavy atom. The molecule has 3 aliphatic rings. The van der Waals surface area contributed by atoms with Crippen molar-refractivity contribution in [3.05, 3.63) is 0 Å². The summed E-state index contributed by atoms with van der Waals surface area (Å²) in [6.45, 7) is -0.00645. The van der Waals surface area contributed by atoms with Gasteiger partial charge in [-0.3, -0.25) is 0 Å². The standard InChI is InChI=1S/C10H16O6/c1-14-5-2-4-6-9(16-5)15-3-10(6,13)8(12)7(4)11/h4-9,11-13H,2-3H2,1H3. The summed E-state index contributed by atoms with van der Waals surface area (Å²) in [7, 11) is 1.52. The molecule has 7 atom stereocenters. The van der Waals surface area contributed by atoms with E-state index in [0.717, 1.165) is 0 Å².